The molecule has 0 fully saturated rings. The number of hydrogen-bond donors (Lipinski definition) is 0. The van der Waals surface area contributed by atoms with Gasteiger partial charge in [-0.05, 0) is 49.2 Å². The molecule has 0 saturated carbocycles. The molecule has 0 N–H and O–H groups in total. The number of carbonyl (C=O) groups excluding carboxylic acids is 2. The van der Waals surface area contributed by atoms with E-state index in [9.17, 15) is 9.59 Å². The molecule has 0 aliphatic carbocycles. The predicted octanol–water partition coefficient (Wildman–Crippen LogP) is 5.77. The summed E-state index contributed by atoms with van der Waals surface area (Å²) in [5.74, 6) is 0.255. The summed E-state index contributed by atoms with van der Waals surface area (Å²) in [7, 11) is 0. The Labute approximate surface area is 155 Å². The fraction of sp³-hybridized carbons (Fsp3) is 0.304. The van der Waals surface area contributed by atoms with Crippen molar-refractivity contribution in [1.82, 2.24) is 0 Å². The molecule has 0 aromatic heterocycles. The maximum Gasteiger partial charge on any atom is 0.343 e. The molecule has 0 aliphatic rings. The van der Waals surface area contributed by atoms with E-state index in [1.54, 1.807) is 36.4 Å². The number of benzene rings is 2. The van der Waals surface area contributed by atoms with Crippen molar-refractivity contribution >= 4 is 17.8 Å². The van der Waals surface area contributed by atoms with Crippen LogP contribution in [0.3, 0.4) is 0 Å². The van der Waals surface area contributed by atoms with Gasteiger partial charge in [0.05, 0.1) is 5.56 Å². The van der Waals surface area contributed by atoms with Crippen LogP contribution in [-0.4, -0.2) is 11.8 Å². The smallest absolute Gasteiger partial charge is 0.343 e. The van der Waals surface area contributed by atoms with Crippen molar-refractivity contribution in [3.05, 3.63) is 71.3 Å². The van der Waals surface area contributed by atoms with Gasteiger partial charge in [0.15, 0.2) is 5.78 Å². The quantitative estimate of drug-likeness (QED) is 0.250. The van der Waals surface area contributed by atoms with Gasteiger partial charge in [0.25, 0.3) is 0 Å². The minimum absolute atomic E-state index is 0.149. The minimum atomic E-state index is -0.379. The zero-order chi connectivity index (χ0) is 18.8. The molecule has 3 heteroatoms. The number of allylic oxidation sites excluding steroid dienone is 1. The Hall–Kier alpha value is -2.68. The van der Waals surface area contributed by atoms with Gasteiger partial charge in [0.1, 0.15) is 5.75 Å². The van der Waals surface area contributed by atoms with Crippen molar-refractivity contribution in [2.45, 2.75) is 46.0 Å². The maximum atomic E-state index is 12.1. The zero-order valence-corrected chi connectivity index (χ0v) is 15.5. The van der Waals surface area contributed by atoms with Crippen molar-refractivity contribution in [3.8, 4) is 5.75 Å². The van der Waals surface area contributed by atoms with Crippen LogP contribution in [0.15, 0.2) is 54.6 Å². The second-order valence-corrected chi connectivity index (χ2v) is 6.43. The average Bonchev–Trinajstić information content (AvgIpc) is 2.65. The third kappa shape index (κ3) is 6.67. The van der Waals surface area contributed by atoms with Crippen molar-refractivity contribution in [1.29, 1.82) is 0 Å². The summed E-state index contributed by atoms with van der Waals surface area (Å²) >= 11 is 0. The van der Waals surface area contributed by atoms with Crippen LogP contribution in [-0.2, 0) is 4.79 Å². The maximum absolute atomic E-state index is 12.1. The molecule has 0 atom stereocenters. The SMILES string of the molecule is CCCCCCC(=O)/C=C/c1ccc(OC(=O)c2ccc(C)cc2)cc1. The first-order valence-corrected chi connectivity index (χ1v) is 9.18. The standard InChI is InChI=1S/C23H26O3/c1-3-4-5-6-7-21(24)15-10-19-11-16-22(17-12-19)26-23(25)20-13-8-18(2)9-14-20/h8-17H,3-7H2,1-2H3/b15-10+. The first-order chi connectivity index (χ1) is 12.6. The molecule has 0 amide bonds. The van der Waals surface area contributed by atoms with Crippen LogP contribution in [0.2, 0.25) is 0 Å². The van der Waals surface area contributed by atoms with Gasteiger partial charge in [-0.15, -0.1) is 0 Å². The van der Waals surface area contributed by atoms with E-state index >= 15 is 0 Å². The summed E-state index contributed by atoms with van der Waals surface area (Å²) in [4.78, 5) is 23.9. The van der Waals surface area contributed by atoms with Crippen molar-refractivity contribution in [2.75, 3.05) is 0 Å². The number of ether oxygens (including phenoxy) is 1. The molecular weight excluding hydrogens is 324 g/mol. The van der Waals surface area contributed by atoms with Gasteiger partial charge >= 0.3 is 5.97 Å². The topological polar surface area (TPSA) is 43.4 Å². The Kier molecular flexibility index (Phi) is 7.81. The molecule has 0 aliphatic heterocycles. The lowest BCUT2D eigenvalue weighted by Crippen LogP contribution is -2.08. The molecule has 2 rings (SSSR count). The lowest BCUT2D eigenvalue weighted by Gasteiger charge is -2.05. The highest BCUT2D eigenvalue weighted by Crippen LogP contribution is 2.16. The summed E-state index contributed by atoms with van der Waals surface area (Å²) in [6.45, 7) is 4.13. The van der Waals surface area contributed by atoms with Gasteiger partial charge < -0.3 is 4.74 Å². The van der Waals surface area contributed by atoms with Gasteiger partial charge in [-0.25, -0.2) is 4.79 Å². The molecule has 0 unspecified atom stereocenters. The van der Waals surface area contributed by atoms with Crippen molar-refractivity contribution in [3.63, 3.8) is 0 Å². The lowest BCUT2D eigenvalue weighted by atomic mass is 10.1. The van der Waals surface area contributed by atoms with Crippen LogP contribution in [0.4, 0.5) is 0 Å². The summed E-state index contributed by atoms with van der Waals surface area (Å²) in [5, 5.41) is 0. The number of esters is 1. The molecule has 2 aromatic carbocycles. The first-order valence-electron chi connectivity index (χ1n) is 9.18. The second kappa shape index (κ2) is 10.3. The zero-order valence-electron chi connectivity index (χ0n) is 15.5. The van der Waals surface area contributed by atoms with Crippen LogP contribution in [0, 0.1) is 6.92 Å². The number of rotatable bonds is 9. The molecule has 3 nitrogen and oxygen atoms in total. The Bertz CT molecular complexity index is 740. The first kappa shape index (κ1) is 19.6. The number of carbonyl (C=O) groups is 2. The lowest BCUT2D eigenvalue weighted by molar-refractivity contribution is -0.114. The summed E-state index contributed by atoms with van der Waals surface area (Å²) < 4.78 is 5.37. The van der Waals surface area contributed by atoms with Crippen LogP contribution in [0.1, 0.15) is 60.5 Å². The van der Waals surface area contributed by atoms with Crippen molar-refractivity contribution in [2.24, 2.45) is 0 Å². The normalized spacial score (nSPS) is 10.8. The molecular formula is C23H26O3. The third-order valence-electron chi connectivity index (χ3n) is 4.12. The molecule has 2 aromatic rings. The van der Waals surface area contributed by atoms with E-state index in [1.165, 1.54) is 12.8 Å². The van der Waals surface area contributed by atoms with Gasteiger partial charge in [0, 0.05) is 6.42 Å². The molecule has 0 heterocycles. The fourth-order valence-corrected chi connectivity index (χ4v) is 2.50. The van der Waals surface area contributed by atoms with Gasteiger partial charge in [-0.3, -0.25) is 4.79 Å². The van der Waals surface area contributed by atoms with E-state index in [-0.39, 0.29) is 11.8 Å². The molecule has 0 saturated heterocycles. The summed E-state index contributed by atoms with van der Waals surface area (Å²) in [5.41, 5.74) is 2.52. The van der Waals surface area contributed by atoms with Crippen LogP contribution in [0.25, 0.3) is 6.08 Å². The predicted molar refractivity (Wildman–Crippen MR) is 105 cm³/mol. The number of ketones is 1. The summed E-state index contributed by atoms with van der Waals surface area (Å²) in [6, 6.07) is 14.4. The number of hydrogen-bond acceptors (Lipinski definition) is 3. The Morgan fingerprint density at radius 1 is 0.923 bits per heavy atom. The molecule has 0 spiro atoms. The van der Waals surface area contributed by atoms with E-state index in [2.05, 4.69) is 6.92 Å². The van der Waals surface area contributed by atoms with E-state index in [4.69, 9.17) is 4.74 Å². The van der Waals surface area contributed by atoms with Crippen LogP contribution >= 0.6 is 0 Å². The van der Waals surface area contributed by atoms with Gasteiger partial charge in [0.2, 0.25) is 0 Å². The third-order valence-corrected chi connectivity index (χ3v) is 4.12. The van der Waals surface area contributed by atoms with E-state index in [0.29, 0.717) is 17.7 Å². The van der Waals surface area contributed by atoms with E-state index in [1.807, 2.05) is 31.2 Å². The fourth-order valence-electron chi connectivity index (χ4n) is 2.50. The second-order valence-electron chi connectivity index (χ2n) is 6.43. The van der Waals surface area contributed by atoms with Gasteiger partial charge in [-0.2, -0.15) is 0 Å². The Morgan fingerprint density at radius 3 is 2.27 bits per heavy atom. The monoisotopic (exact) mass is 350 g/mol. The van der Waals surface area contributed by atoms with E-state index < -0.39 is 0 Å². The summed E-state index contributed by atoms with van der Waals surface area (Å²) in [6.07, 6.45) is 8.43. The Morgan fingerprint density at radius 2 is 1.62 bits per heavy atom. The molecule has 0 bridgehead atoms. The van der Waals surface area contributed by atoms with Gasteiger partial charge in [-0.1, -0.05) is 62.1 Å². The molecule has 136 valence electrons. The Balaban J connectivity index is 1.85. The van der Waals surface area contributed by atoms with E-state index in [0.717, 1.165) is 24.0 Å². The average molecular weight is 350 g/mol. The largest absolute Gasteiger partial charge is 0.423 e. The highest BCUT2D eigenvalue weighted by Gasteiger charge is 2.07. The molecule has 26 heavy (non-hydrogen) atoms. The minimum Gasteiger partial charge on any atom is -0.423 e. The highest BCUT2D eigenvalue weighted by atomic mass is 16.5. The molecule has 0 radical (unpaired) electrons. The van der Waals surface area contributed by atoms with Crippen LogP contribution in [0.5, 0.6) is 5.75 Å². The number of aryl methyl sites for hydroxylation is 1. The van der Waals surface area contributed by atoms with Crippen molar-refractivity contribution < 1.29 is 14.3 Å². The van der Waals surface area contributed by atoms with Crippen LogP contribution < -0.4 is 4.74 Å². The highest BCUT2D eigenvalue weighted by molar-refractivity contribution is 5.93. The number of unbranched alkanes of at least 4 members (excludes halogenated alkanes) is 3.